The van der Waals surface area contributed by atoms with E-state index in [4.69, 9.17) is 11.6 Å². The Hall–Kier alpha value is -1.31. The van der Waals surface area contributed by atoms with Crippen LogP contribution in [0.3, 0.4) is 0 Å². The average Bonchev–Trinajstić information content (AvgIpc) is 2.76. The molecule has 0 aliphatic heterocycles. The molecule has 1 aliphatic carbocycles. The molecule has 0 saturated carbocycles. The van der Waals surface area contributed by atoms with E-state index in [1.807, 2.05) is 24.4 Å². The van der Waals surface area contributed by atoms with E-state index in [1.165, 1.54) is 16.7 Å². The van der Waals surface area contributed by atoms with Gasteiger partial charge in [0.25, 0.3) is 0 Å². The first-order valence-electron chi connectivity index (χ1n) is 5.73. The van der Waals surface area contributed by atoms with Crippen molar-refractivity contribution < 1.29 is 0 Å². The van der Waals surface area contributed by atoms with Gasteiger partial charge in [0.15, 0.2) is 0 Å². The van der Waals surface area contributed by atoms with Crippen molar-refractivity contribution >= 4 is 35.7 Å². The molecule has 92 valence electrons. The zero-order valence-corrected chi connectivity index (χ0v) is 11.3. The molecule has 1 aromatic carbocycles. The number of benzene rings is 1. The summed E-state index contributed by atoms with van der Waals surface area (Å²) in [7, 11) is 0. The largest absolute Gasteiger partial charge is 0.264 e. The van der Waals surface area contributed by atoms with E-state index in [-0.39, 0.29) is 12.4 Å². The van der Waals surface area contributed by atoms with Gasteiger partial charge in [-0.05, 0) is 53.3 Å². The molecule has 0 saturated heterocycles. The Labute approximate surface area is 118 Å². The molecule has 0 fully saturated rings. The Balaban J connectivity index is 0.00000120. The molecular weight excluding hydrogens is 265 g/mol. The van der Waals surface area contributed by atoms with Crippen molar-refractivity contribution in [2.24, 2.45) is 0 Å². The lowest BCUT2D eigenvalue weighted by Gasteiger charge is -2.02. The molecule has 3 heteroatoms. The Morgan fingerprint density at radius 2 is 2.00 bits per heavy atom. The van der Waals surface area contributed by atoms with Gasteiger partial charge in [-0.15, -0.1) is 12.4 Å². The van der Waals surface area contributed by atoms with Crippen LogP contribution in [-0.2, 0) is 6.42 Å². The van der Waals surface area contributed by atoms with Crippen molar-refractivity contribution in [3.05, 3.63) is 64.4 Å². The highest BCUT2D eigenvalue weighted by Crippen LogP contribution is 2.37. The van der Waals surface area contributed by atoms with Gasteiger partial charge in [0.2, 0.25) is 0 Å². The second kappa shape index (κ2) is 5.55. The third-order valence-corrected chi connectivity index (χ3v) is 3.49. The Morgan fingerprint density at radius 1 is 1.11 bits per heavy atom. The van der Waals surface area contributed by atoms with Crippen LogP contribution < -0.4 is 0 Å². The van der Waals surface area contributed by atoms with Gasteiger partial charge < -0.3 is 0 Å². The summed E-state index contributed by atoms with van der Waals surface area (Å²) in [5.41, 5.74) is 5.08. The third-order valence-electron chi connectivity index (χ3n) is 3.13. The van der Waals surface area contributed by atoms with E-state index in [9.17, 15) is 0 Å². The number of rotatable bonds is 1. The molecular formula is C15H13Cl2N. The van der Waals surface area contributed by atoms with Crippen molar-refractivity contribution in [2.75, 3.05) is 0 Å². The van der Waals surface area contributed by atoms with E-state index < -0.39 is 0 Å². The summed E-state index contributed by atoms with van der Waals surface area (Å²) in [5.74, 6) is 0. The summed E-state index contributed by atoms with van der Waals surface area (Å²) in [4.78, 5) is 4.13. The predicted octanol–water partition coefficient (Wildman–Crippen LogP) is 4.64. The number of aromatic nitrogens is 1. The number of hydrogen-bond donors (Lipinski definition) is 0. The van der Waals surface area contributed by atoms with Gasteiger partial charge in [-0.1, -0.05) is 29.8 Å². The van der Waals surface area contributed by atoms with Crippen molar-refractivity contribution in [1.82, 2.24) is 4.98 Å². The van der Waals surface area contributed by atoms with Crippen molar-refractivity contribution in [1.29, 1.82) is 0 Å². The second-order valence-corrected chi connectivity index (χ2v) is 4.63. The smallest absolute Gasteiger partial charge is 0.0444 e. The van der Waals surface area contributed by atoms with E-state index in [0.717, 1.165) is 23.4 Å². The van der Waals surface area contributed by atoms with Gasteiger partial charge >= 0.3 is 0 Å². The summed E-state index contributed by atoms with van der Waals surface area (Å²) < 4.78 is 0. The molecule has 3 rings (SSSR count). The fraction of sp³-hybridized carbons (Fsp3) is 0.133. The standard InChI is InChI=1S/C15H12ClN.ClH/c16-15-5-1-4-13-12(6-7-14(13)15)9-11-3-2-8-17-10-11;/h1-5,8-10H,6-7H2;1H/b12-9+;. The number of hydrogen-bond acceptors (Lipinski definition) is 1. The van der Waals surface area contributed by atoms with Crippen molar-refractivity contribution in [3.8, 4) is 0 Å². The highest BCUT2D eigenvalue weighted by atomic mass is 35.5. The van der Waals surface area contributed by atoms with Gasteiger partial charge in [0.1, 0.15) is 0 Å². The quantitative estimate of drug-likeness (QED) is 0.740. The monoisotopic (exact) mass is 277 g/mol. The molecule has 18 heavy (non-hydrogen) atoms. The number of allylic oxidation sites excluding steroid dienone is 1. The zero-order chi connectivity index (χ0) is 11.7. The minimum absolute atomic E-state index is 0. The third kappa shape index (κ3) is 2.43. The minimum Gasteiger partial charge on any atom is -0.264 e. The number of pyridine rings is 1. The minimum atomic E-state index is 0. The lowest BCUT2D eigenvalue weighted by atomic mass is 10.1. The first-order valence-corrected chi connectivity index (χ1v) is 6.11. The number of nitrogens with zero attached hydrogens (tertiary/aromatic N) is 1. The fourth-order valence-corrected chi connectivity index (χ4v) is 2.59. The molecule has 0 radical (unpaired) electrons. The van der Waals surface area contributed by atoms with Crippen LogP contribution in [0.5, 0.6) is 0 Å². The SMILES string of the molecule is Cl.Clc1cccc2c1CC/C2=C\c1cccnc1. The van der Waals surface area contributed by atoms with E-state index in [0.29, 0.717) is 0 Å². The average molecular weight is 278 g/mol. The molecule has 1 aliphatic rings. The lowest BCUT2D eigenvalue weighted by Crippen LogP contribution is -1.82. The summed E-state index contributed by atoms with van der Waals surface area (Å²) in [6.45, 7) is 0. The maximum Gasteiger partial charge on any atom is 0.0444 e. The Kier molecular flexibility index (Phi) is 4.05. The molecule has 0 unspecified atom stereocenters. The number of halogens is 2. The predicted molar refractivity (Wildman–Crippen MR) is 79.1 cm³/mol. The first-order chi connectivity index (χ1) is 8.34. The van der Waals surface area contributed by atoms with Crippen LogP contribution >= 0.6 is 24.0 Å². The van der Waals surface area contributed by atoms with E-state index in [2.05, 4.69) is 23.2 Å². The highest BCUT2D eigenvalue weighted by molar-refractivity contribution is 6.31. The molecule has 0 amide bonds. The molecule has 0 N–H and O–H groups in total. The van der Waals surface area contributed by atoms with Crippen LogP contribution in [-0.4, -0.2) is 4.98 Å². The molecule has 2 aromatic rings. The Morgan fingerprint density at radius 3 is 2.78 bits per heavy atom. The summed E-state index contributed by atoms with van der Waals surface area (Å²) in [6, 6.07) is 10.2. The maximum atomic E-state index is 6.20. The highest BCUT2D eigenvalue weighted by Gasteiger charge is 2.17. The van der Waals surface area contributed by atoms with Gasteiger partial charge in [-0.25, -0.2) is 0 Å². The van der Waals surface area contributed by atoms with Crippen LogP contribution in [0.2, 0.25) is 5.02 Å². The Bertz CT molecular complexity index is 576. The van der Waals surface area contributed by atoms with E-state index >= 15 is 0 Å². The zero-order valence-electron chi connectivity index (χ0n) is 9.77. The topological polar surface area (TPSA) is 12.9 Å². The van der Waals surface area contributed by atoms with Crippen LogP contribution in [0.4, 0.5) is 0 Å². The van der Waals surface area contributed by atoms with Gasteiger partial charge in [-0.2, -0.15) is 0 Å². The molecule has 0 atom stereocenters. The normalized spacial score (nSPS) is 15.3. The van der Waals surface area contributed by atoms with Gasteiger partial charge in [0, 0.05) is 17.4 Å². The van der Waals surface area contributed by atoms with Crippen LogP contribution in [0, 0.1) is 0 Å². The summed E-state index contributed by atoms with van der Waals surface area (Å²) in [5, 5.41) is 0.886. The molecule has 1 aromatic heterocycles. The van der Waals surface area contributed by atoms with Crippen LogP contribution in [0.1, 0.15) is 23.1 Å². The molecule has 1 nitrogen and oxygen atoms in total. The summed E-state index contributed by atoms with van der Waals surface area (Å²) >= 11 is 6.20. The first kappa shape index (κ1) is 13.1. The van der Waals surface area contributed by atoms with E-state index in [1.54, 1.807) is 6.20 Å². The van der Waals surface area contributed by atoms with Crippen LogP contribution in [0.15, 0.2) is 42.7 Å². The fourth-order valence-electron chi connectivity index (χ4n) is 2.32. The van der Waals surface area contributed by atoms with Crippen molar-refractivity contribution in [2.45, 2.75) is 12.8 Å². The van der Waals surface area contributed by atoms with Crippen LogP contribution in [0.25, 0.3) is 11.6 Å². The molecule has 0 spiro atoms. The molecule has 0 bridgehead atoms. The maximum absolute atomic E-state index is 6.20. The van der Waals surface area contributed by atoms with Gasteiger partial charge in [0.05, 0.1) is 0 Å². The number of fused-ring (bicyclic) bond motifs is 1. The summed E-state index contributed by atoms with van der Waals surface area (Å²) in [6.07, 6.45) is 7.99. The van der Waals surface area contributed by atoms with Crippen molar-refractivity contribution in [3.63, 3.8) is 0 Å². The van der Waals surface area contributed by atoms with Gasteiger partial charge in [-0.3, -0.25) is 4.98 Å². The second-order valence-electron chi connectivity index (χ2n) is 4.22. The molecule has 1 heterocycles. The lowest BCUT2D eigenvalue weighted by molar-refractivity contribution is 1.08.